The summed E-state index contributed by atoms with van der Waals surface area (Å²) >= 11 is 0. The second kappa shape index (κ2) is 6.78. The number of rotatable bonds is 6. The van der Waals surface area contributed by atoms with Gasteiger partial charge in [0, 0.05) is 6.42 Å². The van der Waals surface area contributed by atoms with Crippen LogP contribution in [0.2, 0.25) is 0 Å². The lowest BCUT2D eigenvalue weighted by atomic mass is 9.47. The fraction of sp³-hybridized carbons (Fsp3) is 0.800. The van der Waals surface area contributed by atoms with Crippen molar-refractivity contribution in [2.75, 3.05) is 0 Å². The van der Waals surface area contributed by atoms with E-state index >= 15 is 0 Å². The summed E-state index contributed by atoms with van der Waals surface area (Å²) in [6, 6.07) is 0. The van der Waals surface area contributed by atoms with Gasteiger partial charge in [0.15, 0.2) is 0 Å². The molecule has 0 unspecified atom stereocenters. The Kier molecular flexibility index (Phi) is 5.37. The van der Waals surface area contributed by atoms with E-state index < -0.39 is 5.97 Å². The Hall–Kier alpha value is -1.12. The van der Waals surface area contributed by atoms with Gasteiger partial charge in [-0.3, -0.25) is 9.59 Å². The Labute approximate surface area is 140 Å². The number of hydrogen-bond donors (Lipinski definition) is 1. The monoisotopic (exact) mass is 320 g/mol. The van der Waals surface area contributed by atoms with E-state index in [2.05, 4.69) is 26.8 Å². The van der Waals surface area contributed by atoms with Gasteiger partial charge in [-0.25, -0.2) is 0 Å². The third-order valence-corrected chi connectivity index (χ3v) is 7.09. The molecule has 0 amide bonds. The summed E-state index contributed by atoms with van der Waals surface area (Å²) < 4.78 is 0. The minimum atomic E-state index is -0.701. The molecule has 0 bridgehead atoms. The summed E-state index contributed by atoms with van der Waals surface area (Å²) in [7, 11) is 0. The van der Waals surface area contributed by atoms with Crippen LogP contribution in [0.5, 0.6) is 0 Å². The first-order valence-electron chi connectivity index (χ1n) is 9.11. The van der Waals surface area contributed by atoms with Crippen molar-refractivity contribution in [2.24, 2.45) is 28.6 Å². The van der Waals surface area contributed by atoms with Crippen LogP contribution in [0.1, 0.15) is 72.6 Å². The van der Waals surface area contributed by atoms with Crippen molar-refractivity contribution in [1.29, 1.82) is 0 Å². The maximum absolute atomic E-state index is 11.6. The Morgan fingerprint density at radius 1 is 1.43 bits per heavy atom. The molecule has 5 atom stereocenters. The van der Waals surface area contributed by atoms with Gasteiger partial charge in [0.25, 0.3) is 0 Å². The van der Waals surface area contributed by atoms with Gasteiger partial charge in [0.2, 0.25) is 0 Å². The van der Waals surface area contributed by atoms with Crippen molar-refractivity contribution in [1.82, 2.24) is 0 Å². The third kappa shape index (κ3) is 3.39. The lowest BCUT2D eigenvalue weighted by Crippen LogP contribution is -2.50. The van der Waals surface area contributed by atoms with E-state index in [9.17, 15) is 9.59 Å². The number of hydrogen-bond acceptors (Lipinski definition) is 2. The highest BCUT2D eigenvalue weighted by molar-refractivity contribution is 5.76. The zero-order chi connectivity index (χ0) is 17.3. The molecule has 2 rings (SSSR count). The Bertz CT molecular complexity index is 495. The van der Waals surface area contributed by atoms with Crippen LogP contribution in [0.4, 0.5) is 0 Å². The average molecular weight is 320 g/mol. The molecule has 0 aliphatic heterocycles. The zero-order valence-electron chi connectivity index (χ0n) is 15.1. The number of carbonyl (C=O) groups excluding carboxylic acids is 1. The lowest BCUT2D eigenvalue weighted by molar-refractivity contribution is -0.138. The van der Waals surface area contributed by atoms with E-state index in [1.165, 1.54) is 0 Å². The molecular formula is C20H32O3. The fourth-order valence-corrected chi connectivity index (χ4v) is 5.28. The summed E-state index contributed by atoms with van der Waals surface area (Å²) in [4.78, 5) is 22.5. The predicted octanol–water partition coefficient (Wildman–Crippen LogP) is 4.86. The van der Waals surface area contributed by atoms with E-state index in [0.717, 1.165) is 50.4 Å². The summed E-state index contributed by atoms with van der Waals surface area (Å²) in [6.07, 6.45) is 9.91. The Morgan fingerprint density at radius 3 is 2.74 bits per heavy atom. The number of aliphatic carboxylic acids is 1. The highest BCUT2D eigenvalue weighted by Crippen LogP contribution is 2.61. The molecule has 0 aromatic heterocycles. The highest BCUT2D eigenvalue weighted by Gasteiger charge is 2.53. The highest BCUT2D eigenvalue weighted by atomic mass is 16.4. The van der Waals surface area contributed by atoms with Gasteiger partial charge in [-0.05, 0) is 72.7 Å². The molecule has 3 heteroatoms. The number of carboxylic acid groups (broad SMARTS) is 1. The van der Waals surface area contributed by atoms with Crippen LogP contribution in [0, 0.1) is 28.6 Å². The average Bonchev–Trinajstić information content (AvgIpc) is 2.48. The summed E-state index contributed by atoms with van der Waals surface area (Å²) in [5.74, 6) is 0.673. The summed E-state index contributed by atoms with van der Waals surface area (Å²) in [5.41, 5.74) is 1.21. The molecule has 2 aliphatic carbocycles. The quantitative estimate of drug-likeness (QED) is 0.711. The van der Waals surface area contributed by atoms with Crippen LogP contribution in [0.3, 0.4) is 0 Å². The lowest BCUT2D eigenvalue weighted by Gasteiger charge is -2.57. The van der Waals surface area contributed by atoms with Crippen molar-refractivity contribution in [3.8, 4) is 0 Å². The minimum Gasteiger partial charge on any atom is -0.481 e. The maximum Gasteiger partial charge on any atom is 0.303 e. The van der Waals surface area contributed by atoms with Gasteiger partial charge in [0.1, 0.15) is 6.29 Å². The molecule has 1 N–H and O–H groups in total. The first-order valence-corrected chi connectivity index (χ1v) is 9.11. The van der Waals surface area contributed by atoms with Gasteiger partial charge in [-0.15, -0.1) is 0 Å². The van der Waals surface area contributed by atoms with Crippen molar-refractivity contribution in [3.63, 3.8) is 0 Å². The summed E-state index contributed by atoms with van der Waals surface area (Å²) in [5, 5.41) is 8.99. The molecule has 0 aromatic rings. The van der Waals surface area contributed by atoms with Crippen LogP contribution < -0.4 is 0 Å². The van der Waals surface area contributed by atoms with E-state index in [1.807, 2.05) is 6.92 Å². The molecule has 0 radical (unpaired) electrons. The number of fused-ring (bicyclic) bond motifs is 1. The molecule has 0 spiro atoms. The number of aldehydes is 1. The van der Waals surface area contributed by atoms with Gasteiger partial charge < -0.3 is 5.11 Å². The molecule has 1 saturated carbocycles. The molecular weight excluding hydrogens is 288 g/mol. The van der Waals surface area contributed by atoms with E-state index in [-0.39, 0.29) is 23.2 Å². The number of allylic oxidation sites excluding steroid dienone is 2. The van der Waals surface area contributed by atoms with Crippen molar-refractivity contribution >= 4 is 12.3 Å². The Balaban J connectivity index is 2.19. The van der Waals surface area contributed by atoms with E-state index in [4.69, 9.17) is 5.11 Å². The minimum absolute atomic E-state index is 0.0112. The second-order valence-corrected chi connectivity index (χ2v) is 8.51. The van der Waals surface area contributed by atoms with Crippen molar-refractivity contribution < 1.29 is 14.7 Å². The molecule has 2 aliphatic rings. The fourth-order valence-electron chi connectivity index (χ4n) is 5.28. The SMILES string of the molecule is C[C@H](CC[C@@]1(C)[C@H](C)CC[C@@]2(C)C(C=O)=CCC[C@H]12)CC(=O)O. The molecule has 3 nitrogen and oxygen atoms in total. The van der Waals surface area contributed by atoms with Gasteiger partial charge >= 0.3 is 5.97 Å². The number of carboxylic acids is 1. The molecule has 23 heavy (non-hydrogen) atoms. The topological polar surface area (TPSA) is 54.4 Å². The van der Waals surface area contributed by atoms with Crippen LogP contribution in [-0.4, -0.2) is 17.4 Å². The van der Waals surface area contributed by atoms with Crippen LogP contribution in [0.15, 0.2) is 11.6 Å². The molecule has 130 valence electrons. The zero-order valence-corrected chi connectivity index (χ0v) is 15.1. The standard InChI is InChI=1S/C20H32O3/c1-14(12-18(22)23)8-10-19(3)15(2)9-11-20(4)16(13-21)6-5-7-17(19)20/h6,13-15,17H,5,7-12H2,1-4H3,(H,22,23)/t14-,15-,17-,19+,20+/m1/s1. The van der Waals surface area contributed by atoms with Gasteiger partial charge in [-0.1, -0.05) is 33.8 Å². The maximum atomic E-state index is 11.6. The second-order valence-electron chi connectivity index (χ2n) is 8.51. The van der Waals surface area contributed by atoms with Crippen molar-refractivity contribution in [3.05, 3.63) is 11.6 Å². The predicted molar refractivity (Wildman–Crippen MR) is 92.1 cm³/mol. The smallest absolute Gasteiger partial charge is 0.303 e. The first kappa shape index (κ1) is 18.2. The van der Waals surface area contributed by atoms with E-state index in [0.29, 0.717) is 11.8 Å². The molecule has 0 aromatic carbocycles. The summed E-state index contributed by atoms with van der Waals surface area (Å²) in [6.45, 7) is 9.06. The Morgan fingerprint density at radius 2 is 2.13 bits per heavy atom. The third-order valence-electron chi connectivity index (χ3n) is 7.09. The normalized spacial score (nSPS) is 38.3. The van der Waals surface area contributed by atoms with Crippen LogP contribution >= 0.6 is 0 Å². The van der Waals surface area contributed by atoms with Crippen LogP contribution in [0.25, 0.3) is 0 Å². The van der Waals surface area contributed by atoms with Gasteiger partial charge in [-0.2, -0.15) is 0 Å². The molecule has 0 heterocycles. The van der Waals surface area contributed by atoms with Crippen LogP contribution in [-0.2, 0) is 9.59 Å². The molecule has 0 saturated heterocycles. The first-order chi connectivity index (χ1) is 10.7. The van der Waals surface area contributed by atoms with Gasteiger partial charge in [0.05, 0.1) is 0 Å². The molecule has 1 fully saturated rings. The largest absolute Gasteiger partial charge is 0.481 e. The van der Waals surface area contributed by atoms with E-state index in [1.54, 1.807) is 0 Å². The number of carbonyl (C=O) groups is 2. The van der Waals surface area contributed by atoms with Crippen molar-refractivity contribution in [2.45, 2.75) is 72.6 Å².